The average molecular weight is 268 g/mol. The van der Waals surface area contributed by atoms with Gasteiger partial charge in [-0.1, -0.05) is 0 Å². The number of H-pyrrole nitrogens is 1. The minimum atomic E-state index is -4.30. The van der Waals surface area contributed by atoms with Gasteiger partial charge in [0.25, 0.3) is 0 Å². The molecule has 0 fully saturated rings. The van der Waals surface area contributed by atoms with Crippen LogP contribution in [0.1, 0.15) is 17.4 Å². The van der Waals surface area contributed by atoms with Crippen LogP contribution < -0.4 is 4.72 Å². The van der Waals surface area contributed by atoms with Crippen LogP contribution in [0.2, 0.25) is 0 Å². The molecule has 1 aromatic rings. The van der Waals surface area contributed by atoms with Gasteiger partial charge < -0.3 is 9.72 Å². The zero-order valence-electron chi connectivity index (χ0n) is 9.09. The largest absolute Gasteiger partial charge is 0.464 e. The molecular weight excluding hydrogens is 257 g/mol. The highest BCUT2D eigenvalue weighted by Gasteiger charge is 2.35. The van der Waals surface area contributed by atoms with Gasteiger partial charge in [-0.15, -0.1) is 0 Å². The fourth-order valence-corrected chi connectivity index (χ4v) is 1.63. The SMILES string of the molecule is COC(=O)c1cc(SNC(C)C(F)(F)F)c[nH]1. The van der Waals surface area contributed by atoms with E-state index in [2.05, 4.69) is 14.4 Å². The molecule has 0 bridgehead atoms. The second-order valence-electron chi connectivity index (χ2n) is 3.22. The lowest BCUT2D eigenvalue weighted by molar-refractivity contribution is -0.146. The molecule has 0 radical (unpaired) electrons. The van der Waals surface area contributed by atoms with Crippen molar-refractivity contribution < 1.29 is 22.7 Å². The first-order chi connectivity index (χ1) is 7.84. The van der Waals surface area contributed by atoms with Crippen LogP contribution in [0.5, 0.6) is 0 Å². The number of ether oxygens (including phenoxy) is 1. The van der Waals surface area contributed by atoms with E-state index in [1.807, 2.05) is 0 Å². The molecule has 4 nitrogen and oxygen atoms in total. The summed E-state index contributed by atoms with van der Waals surface area (Å²) in [5.41, 5.74) is 0.191. The van der Waals surface area contributed by atoms with Crippen LogP contribution in [0.3, 0.4) is 0 Å². The van der Waals surface area contributed by atoms with Gasteiger partial charge in [0.15, 0.2) is 0 Å². The summed E-state index contributed by atoms with van der Waals surface area (Å²) in [5.74, 6) is -0.569. The van der Waals surface area contributed by atoms with Gasteiger partial charge in [-0.2, -0.15) is 13.2 Å². The summed E-state index contributed by atoms with van der Waals surface area (Å²) in [6, 6.07) is -0.226. The first kappa shape index (κ1) is 13.9. The summed E-state index contributed by atoms with van der Waals surface area (Å²) in [6.07, 6.45) is -2.87. The molecular formula is C9H11F3N2O2S. The normalized spacial score (nSPS) is 13.5. The van der Waals surface area contributed by atoms with Crippen LogP contribution >= 0.6 is 11.9 Å². The van der Waals surface area contributed by atoms with Crippen molar-refractivity contribution in [2.75, 3.05) is 7.11 Å². The third-order valence-corrected chi connectivity index (χ3v) is 2.85. The van der Waals surface area contributed by atoms with Gasteiger partial charge in [0.1, 0.15) is 11.7 Å². The molecule has 1 unspecified atom stereocenters. The topological polar surface area (TPSA) is 54.1 Å². The van der Waals surface area contributed by atoms with Gasteiger partial charge in [-0.25, -0.2) is 9.52 Å². The van der Waals surface area contributed by atoms with Crippen molar-refractivity contribution in [2.24, 2.45) is 0 Å². The summed E-state index contributed by atoms with van der Waals surface area (Å²) < 4.78 is 43.2. The number of carbonyl (C=O) groups excluding carboxylic acids is 1. The van der Waals surface area contributed by atoms with E-state index in [-0.39, 0.29) is 5.69 Å². The Labute approximate surface area is 100 Å². The van der Waals surface area contributed by atoms with Crippen molar-refractivity contribution >= 4 is 17.9 Å². The van der Waals surface area contributed by atoms with Gasteiger partial charge in [-0.05, 0) is 24.9 Å². The highest BCUT2D eigenvalue weighted by atomic mass is 32.2. The summed E-state index contributed by atoms with van der Waals surface area (Å²) >= 11 is 0.795. The number of aromatic amines is 1. The summed E-state index contributed by atoms with van der Waals surface area (Å²) in [4.78, 5) is 14.1. The maximum atomic E-state index is 12.2. The molecule has 1 atom stereocenters. The van der Waals surface area contributed by atoms with Crippen molar-refractivity contribution in [3.63, 3.8) is 0 Å². The number of hydrogen-bond acceptors (Lipinski definition) is 4. The molecule has 8 heteroatoms. The van der Waals surface area contributed by atoms with Crippen LogP contribution in [-0.2, 0) is 4.74 Å². The Kier molecular flexibility index (Phi) is 4.47. The molecule has 0 saturated carbocycles. The van der Waals surface area contributed by atoms with E-state index in [0.29, 0.717) is 4.90 Å². The average Bonchev–Trinajstić information content (AvgIpc) is 2.72. The number of hydrogen-bond donors (Lipinski definition) is 2. The van der Waals surface area contributed by atoms with E-state index in [0.717, 1.165) is 18.9 Å². The van der Waals surface area contributed by atoms with Gasteiger partial charge >= 0.3 is 12.1 Å². The molecule has 96 valence electrons. The zero-order valence-corrected chi connectivity index (χ0v) is 9.91. The van der Waals surface area contributed by atoms with Crippen molar-refractivity contribution in [1.82, 2.24) is 9.71 Å². The standard InChI is InChI=1S/C9H11F3N2O2S/c1-5(9(10,11)12)14-17-6-3-7(13-4-6)8(15)16-2/h3-5,13-14H,1-2H3. The lowest BCUT2D eigenvalue weighted by Crippen LogP contribution is -2.35. The Morgan fingerprint density at radius 3 is 2.76 bits per heavy atom. The fraction of sp³-hybridized carbons (Fsp3) is 0.444. The second-order valence-corrected chi connectivity index (χ2v) is 4.14. The van der Waals surface area contributed by atoms with E-state index in [4.69, 9.17) is 0 Å². The molecule has 0 aliphatic rings. The number of esters is 1. The van der Waals surface area contributed by atoms with Gasteiger partial charge in [0.2, 0.25) is 0 Å². The molecule has 0 aliphatic carbocycles. The monoisotopic (exact) mass is 268 g/mol. The fourth-order valence-electron chi connectivity index (χ4n) is 0.884. The molecule has 1 heterocycles. The Balaban J connectivity index is 2.53. The van der Waals surface area contributed by atoms with E-state index >= 15 is 0 Å². The van der Waals surface area contributed by atoms with Crippen LogP contribution in [0.15, 0.2) is 17.2 Å². The minimum absolute atomic E-state index is 0.191. The molecule has 0 aliphatic heterocycles. The van der Waals surface area contributed by atoms with E-state index in [1.54, 1.807) is 0 Å². The van der Waals surface area contributed by atoms with E-state index < -0.39 is 18.2 Å². The Hall–Kier alpha value is -1.15. The van der Waals surface area contributed by atoms with Gasteiger partial charge in [0, 0.05) is 11.1 Å². The summed E-state index contributed by atoms with van der Waals surface area (Å²) in [5, 5.41) is 0. The first-order valence-electron chi connectivity index (χ1n) is 4.60. The van der Waals surface area contributed by atoms with Crippen molar-refractivity contribution in [1.29, 1.82) is 0 Å². The number of rotatable bonds is 4. The Morgan fingerprint density at radius 1 is 1.59 bits per heavy atom. The Bertz CT molecular complexity index is 392. The molecule has 2 N–H and O–H groups in total. The molecule has 17 heavy (non-hydrogen) atoms. The lowest BCUT2D eigenvalue weighted by atomic mass is 10.4. The van der Waals surface area contributed by atoms with Crippen molar-refractivity contribution in [3.05, 3.63) is 18.0 Å². The summed E-state index contributed by atoms with van der Waals surface area (Å²) in [7, 11) is 1.22. The zero-order chi connectivity index (χ0) is 13.1. The molecule has 1 aromatic heterocycles. The number of nitrogens with one attached hydrogen (secondary N) is 2. The van der Waals surface area contributed by atoms with Gasteiger partial charge in [0.05, 0.1) is 7.11 Å². The number of halogens is 3. The highest BCUT2D eigenvalue weighted by Crippen LogP contribution is 2.24. The van der Waals surface area contributed by atoms with E-state index in [9.17, 15) is 18.0 Å². The number of alkyl halides is 3. The molecule has 0 amide bonds. The summed E-state index contributed by atoms with van der Waals surface area (Å²) in [6.45, 7) is 1.01. The van der Waals surface area contributed by atoms with Gasteiger partial charge in [-0.3, -0.25) is 0 Å². The maximum Gasteiger partial charge on any atom is 0.404 e. The van der Waals surface area contributed by atoms with Crippen LogP contribution in [0.4, 0.5) is 13.2 Å². The molecule has 0 spiro atoms. The predicted molar refractivity (Wildman–Crippen MR) is 56.6 cm³/mol. The van der Waals surface area contributed by atoms with Crippen LogP contribution in [-0.4, -0.2) is 30.3 Å². The second kappa shape index (κ2) is 5.46. The van der Waals surface area contributed by atoms with Crippen molar-refractivity contribution in [2.45, 2.75) is 24.0 Å². The number of aromatic nitrogens is 1. The first-order valence-corrected chi connectivity index (χ1v) is 5.42. The number of carbonyl (C=O) groups is 1. The van der Waals surface area contributed by atoms with E-state index in [1.165, 1.54) is 19.4 Å². The minimum Gasteiger partial charge on any atom is -0.464 e. The number of methoxy groups -OCH3 is 1. The predicted octanol–water partition coefficient (Wildman–Crippen LogP) is 2.35. The van der Waals surface area contributed by atoms with Crippen LogP contribution in [0, 0.1) is 0 Å². The van der Waals surface area contributed by atoms with Crippen LogP contribution in [0.25, 0.3) is 0 Å². The maximum absolute atomic E-state index is 12.2. The molecule has 0 saturated heterocycles. The Morgan fingerprint density at radius 2 is 2.24 bits per heavy atom. The third kappa shape index (κ3) is 3.97. The smallest absolute Gasteiger partial charge is 0.404 e. The molecule has 0 aromatic carbocycles. The van der Waals surface area contributed by atoms with Crippen molar-refractivity contribution in [3.8, 4) is 0 Å². The third-order valence-electron chi connectivity index (χ3n) is 1.91. The lowest BCUT2D eigenvalue weighted by Gasteiger charge is -2.15. The molecule has 1 rings (SSSR count). The quantitative estimate of drug-likeness (QED) is 0.650. The highest BCUT2D eigenvalue weighted by molar-refractivity contribution is 7.97.